The van der Waals surface area contributed by atoms with Crippen molar-refractivity contribution in [2.75, 3.05) is 11.9 Å². The van der Waals surface area contributed by atoms with Crippen LogP contribution in [-0.2, 0) is 9.53 Å². The standard InChI is InChI=1S/C15H17Cl2NO2/c1-2-20-15(19)14-10-5-3-4-9(10)13-11(17)6-8(16)7-12(13)18-14/h6-7,9-10,14,18H,2-5H2,1H3. The lowest BCUT2D eigenvalue weighted by Crippen LogP contribution is -2.42. The Morgan fingerprint density at radius 2 is 2.20 bits per heavy atom. The topological polar surface area (TPSA) is 38.3 Å². The lowest BCUT2D eigenvalue weighted by Gasteiger charge is -2.36. The van der Waals surface area contributed by atoms with Crippen LogP contribution in [0.5, 0.6) is 0 Å². The molecule has 5 heteroatoms. The van der Waals surface area contributed by atoms with E-state index in [1.54, 1.807) is 6.07 Å². The summed E-state index contributed by atoms with van der Waals surface area (Å²) in [6, 6.07) is 3.34. The fourth-order valence-electron chi connectivity index (χ4n) is 3.57. The van der Waals surface area contributed by atoms with Gasteiger partial charge in [0.15, 0.2) is 0 Å². The van der Waals surface area contributed by atoms with Gasteiger partial charge in [-0.15, -0.1) is 0 Å². The van der Waals surface area contributed by atoms with Crippen molar-refractivity contribution in [3.8, 4) is 0 Å². The lowest BCUT2D eigenvalue weighted by atomic mass is 9.79. The van der Waals surface area contributed by atoms with Gasteiger partial charge in [0.1, 0.15) is 6.04 Å². The Labute approximate surface area is 128 Å². The summed E-state index contributed by atoms with van der Waals surface area (Å²) >= 11 is 12.4. The normalized spacial score (nSPS) is 27.4. The van der Waals surface area contributed by atoms with E-state index in [1.165, 1.54) is 0 Å². The molecule has 1 heterocycles. The molecule has 1 fully saturated rings. The Bertz CT molecular complexity index is 547. The van der Waals surface area contributed by atoms with E-state index in [-0.39, 0.29) is 17.9 Å². The molecule has 3 unspecified atom stereocenters. The van der Waals surface area contributed by atoms with E-state index in [1.807, 2.05) is 13.0 Å². The van der Waals surface area contributed by atoms with E-state index < -0.39 is 0 Å². The minimum Gasteiger partial charge on any atom is -0.464 e. The van der Waals surface area contributed by atoms with Crippen molar-refractivity contribution >= 4 is 34.9 Å². The molecular formula is C15H17Cl2NO2. The number of rotatable bonds is 2. The fraction of sp³-hybridized carbons (Fsp3) is 0.533. The van der Waals surface area contributed by atoms with Gasteiger partial charge in [-0.1, -0.05) is 29.6 Å². The summed E-state index contributed by atoms with van der Waals surface area (Å²) < 4.78 is 5.20. The van der Waals surface area contributed by atoms with Crippen molar-refractivity contribution in [2.45, 2.75) is 38.1 Å². The number of carbonyl (C=O) groups is 1. The Kier molecular flexibility index (Phi) is 3.83. The highest BCUT2D eigenvalue weighted by Crippen LogP contribution is 2.51. The van der Waals surface area contributed by atoms with Crippen LogP contribution in [0.1, 0.15) is 37.7 Å². The molecule has 3 nitrogen and oxygen atoms in total. The number of benzene rings is 1. The Morgan fingerprint density at radius 1 is 1.40 bits per heavy atom. The van der Waals surface area contributed by atoms with Crippen LogP contribution in [0.4, 0.5) is 5.69 Å². The van der Waals surface area contributed by atoms with Crippen molar-refractivity contribution in [2.24, 2.45) is 5.92 Å². The molecule has 1 aromatic rings. The minimum atomic E-state index is -0.288. The number of esters is 1. The van der Waals surface area contributed by atoms with Crippen LogP contribution < -0.4 is 5.32 Å². The number of anilines is 1. The summed E-state index contributed by atoms with van der Waals surface area (Å²) in [6.07, 6.45) is 3.21. The zero-order valence-electron chi connectivity index (χ0n) is 11.3. The van der Waals surface area contributed by atoms with Crippen LogP contribution >= 0.6 is 23.2 Å². The largest absolute Gasteiger partial charge is 0.464 e. The molecule has 2 aliphatic rings. The molecular weight excluding hydrogens is 297 g/mol. The van der Waals surface area contributed by atoms with Crippen molar-refractivity contribution in [1.29, 1.82) is 0 Å². The lowest BCUT2D eigenvalue weighted by molar-refractivity contribution is -0.145. The van der Waals surface area contributed by atoms with Crippen molar-refractivity contribution in [1.82, 2.24) is 0 Å². The van der Waals surface area contributed by atoms with Crippen molar-refractivity contribution < 1.29 is 9.53 Å². The number of carbonyl (C=O) groups excluding carboxylic acids is 1. The van der Waals surface area contributed by atoms with E-state index in [2.05, 4.69) is 5.32 Å². The van der Waals surface area contributed by atoms with Crippen LogP contribution in [0.2, 0.25) is 10.0 Å². The molecule has 0 saturated heterocycles. The third-order valence-corrected chi connectivity index (χ3v) is 4.85. The molecule has 1 N–H and O–H groups in total. The number of hydrogen-bond acceptors (Lipinski definition) is 3. The van der Waals surface area contributed by atoms with Gasteiger partial charge < -0.3 is 10.1 Å². The quantitative estimate of drug-likeness (QED) is 0.830. The Hall–Kier alpha value is -0.930. The summed E-state index contributed by atoms with van der Waals surface area (Å²) in [7, 11) is 0. The molecule has 1 aliphatic carbocycles. The highest BCUT2D eigenvalue weighted by Gasteiger charge is 2.44. The first-order chi connectivity index (χ1) is 9.61. The highest BCUT2D eigenvalue weighted by molar-refractivity contribution is 6.35. The molecule has 108 valence electrons. The smallest absolute Gasteiger partial charge is 0.328 e. The molecule has 0 amide bonds. The molecule has 1 aliphatic heterocycles. The first-order valence-corrected chi connectivity index (χ1v) is 7.79. The molecule has 1 aromatic carbocycles. The summed E-state index contributed by atoms with van der Waals surface area (Å²) in [5.41, 5.74) is 1.99. The molecule has 20 heavy (non-hydrogen) atoms. The number of fused-ring (bicyclic) bond motifs is 3. The Balaban J connectivity index is 2.01. The van der Waals surface area contributed by atoms with Crippen LogP contribution in [0.15, 0.2) is 12.1 Å². The van der Waals surface area contributed by atoms with Gasteiger partial charge in [-0.2, -0.15) is 0 Å². The van der Waals surface area contributed by atoms with Gasteiger partial charge in [-0.3, -0.25) is 0 Å². The van der Waals surface area contributed by atoms with Crippen LogP contribution in [0, 0.1) is 5.92 Å². The highest BCUT2D eigenvalue weighted by atomic mass is 35.5. The number of hydrogen-bond donors (Lipinski definition) is 1. The van der Waals surface area contributed by atoms with Crippen molar-refractivity contribution in [3.63, 3.8) is 0 Å². The average molecular weight is 314 g/mol. The first kappa shape index (κ1) is 14.0. The van der Waals surface area contributed by atoms with Gasteiger partial charge in [0.25, 0.3) is 0 Å². The van der Waals surface area contributed by atoms with Crippen LogP contribution in [0.25, 0.3) is 0 Å². The summed E-state index contributed by atoms with van der Waals surface area (Å²) in [5.74, 6) is 0.414. The van der Waals surface area contributed by atoms with E-state index in [0.717, 1.165) is 30.5 Å². The third kappa shape index (κ3) is 2.27. The third-order valence-electron chi connectivity index (χ3n) is 4.31. The maximum Gasteiger partial charge on any atom is 0.328 e. The first-order valence-electron chi connectivity index (χ1n) is 7.04. The molecule has 1 saturated carbocycles. The Morgan fingerprint density at radius 3 is 2.95 bits per heavy atom. The second-order valence-corrected chi connectivity index (χ2v) is 6.27. The molecule has 3 rings (SSSR count). The second-order valence-electron chi connectivity index (χ2n) is 5.42. The molecule has 0 spiro atoms. The molecule has 0 radical (unpaired) electrons. The van der Waals surface area contributed by atoms with Gasteiger partial charge in [0, 0.05) is 15.7 Å². The molecule has 3 atom stereocenters. The van der Waals surface area contributed by atoms with Gasteiger partial charge in [-0.05, 0) is 49.3 Å². The maximum absolute atomic E-state index is 12.2. The zero-order chi connectivity index (χ0) is 14.3. The van der Waals surface area contributed by atoms with E-state index in [0.29, 0.717) is 22.6 Å². The molecule has 0 bridgehead atoms. The van der Waals surface area contributed by atoms with Crippen molar-refractivity contribution in [3.05, 3.63) is 27.7 Å². The van der Waals surface area contributed by atoms with Gasteiger partial charge >= 0.3 is 5.97 Å². The van der Waals surface area contributed by atoms with Gasteiger partial charge in [0.05, 0.1) is 6.61 Å². The number of ether oxygens (including phenoxy) is 1. The summed E-state index contributed by atoms with van der Waals surface area (Å²) in [6.45, 7) is 2.23. The molecule has 0 aromatic heterocycles. The fourth-order valence-corrected chi connectivity index (χ4v) is 4.20. The summed E-state index contributed by atoms with van der Waals surface area (Å²) in [5, 5.41) is 4.57. The second kappa shape index (κ2) is 5.45. The van der Waals surface area contributed by atoms with Gasteiger partial charge in [-0.25, -0.2) is 4.79 Å². The van der Waals surface area contributed by atoms with E-state index in [4.69, 9.17) is 27.9 Å². The van der Waals surface area contributed by atoms with E-state index >= 15 is 0 Å². The summed E-state index contributed by atoms with van der Waals surface area (Å²) in [4.78, 5) is 12.2. The predicted molar refractivity (Wildman–Crippen MR) is 80.6 cm³/mol. The predicted octanol–water partition coefficient (Wildman–Crippen LogP) is 4.23. The van der Waals surface area contributed by atoms with Crippen LogP contribution in [-0.4, -0.2) is 18.6 Å². The minimum absolute atomic E-state index is 0.175. The van der Waals surface area contributed by atoms with E-state index in [9.17, 15) is 4.79 Å². The average Bonchev–Trinajstić information content (AvgIpc) is 2.85. The monoisotopic (exact) mass is 313 g/mol. The number of halogens is 2. The van der Waals surface area contributed by atoms with Crippen LogP contribution in [0.3, 0.4) is 0 Å². The zero-order valence-corrected chi connectivity index (χ0v) is 12.8. The SMILES string of the molecule is CCOC(=O)C1Nc2cc(Cl)cc(Cl)c2C2CCCC12. The number of nitrogens with one attached hydrogen (secondary N) is 1. The maximum atomic E-state index is 12.2. The van der Waals surface area contributed by atoms with Gasteiger partial charge in [0.2, 0.25) is 0 Å².